The number of rotatable bonds is 9. The molecule has 0 aromatic heterocycles. The summed E-state index contributed by atoms with van der Waals surface area (Å²) in [5, 5.41) is 0. The summed E-state index contributed by atoms with van der Waals surface area (Å²) in [5.41, 5.74) is 0.715. The molecule has 1 amide bonds. The first-order valence-electron chi connectivity index (χ1n) is 8.27. The third-order valence-electron chi connectivity index (χ3n) is 3.91. The van der Waals surface area contributed by atoms with E-state index in [4.69, 9.17) is 18.4 Å². The van der Waals surface area contributed by atoms with Crippen molar-refractivity contribution in [1.82, 2.24) is 4.90 Å². The van der Waals surface area contributed by atoms with Crippen molar-refractivity contribution in [2.45, 2.75) is 25.5 Å². The minimum atomic E-state index is -3.70. The Kier molecular flexibility index (Phi) is 7.24. The molecular weight excluding hydrogens is 362 g/mol. The van der Waals surface area contributed by atoms with Crippen LogP contribution in [0.3, 0.4) is 0 Å². The fraction of sp³-hybridized carbons (Fsp3) is 0.588. The molecule has 1 saturated heterocycles. The van der Waals surface area contributed by atoms with Gasteiger partial charge in [0.05, 0.1) is 19.5 Å². The van der Waals surface area contributed by atoms with Gasteiger partial charge < -0.3 is 23.3 Å². The Morgan fingerprint density at radius 1 is 1.31 bits per heavy atom. The second kappa shape index (κ2) is 9.20. The van der Waals surface area contributed by atoms with Crippen LogP contribution in [0.15, 0.2) is 18.2 Å². The van der Waals surface area contributed by atoms with E-state index in [1.54, 1.807) is 23.1 Å². The summed E-state index contributed by atoms with van der Waals surface area (Å²) in [6.07, 6.45) is 2.85. The van der Waals surface area contributed by atoms with Crippen molar-refractivity contribution in [3.8, 4) is 11.5 Å². The number of benzene rings is 1. The van der Waals surface area contributed by atoms with E-state index in [0.29, 0.717) is 24.5 Å². The Bertz CT molecular complexity index is 714. The lowest BCUT2D eigenvalue weighted by molar-refractivity contribution is -0.137. The number of methoxy groups -OCH3 is 2. The number of amides is 1. The van der Waals surface area contributed by atoms with E-state index in [1.165, 1.54) is 14.2 Å². The molecule has 1 fully saturated rings. The van der Waals surface area contributed by atoms with Gasteiger partial charge in [-0.3, -0.25) is 4.79 Å². The molecule has 1 aliphatic rings. The second-order valence-corrected chi connectivity index (χ2v) is 7.69. The zero-order valence-corrected chi connectivity index (χ0v) is 16.1. The third-order valence-corrected chi connectivity index (χ3v) is 4.39. The van der Waals surface area contributed by atoms with Crippen LogP contribution in [0.1, 0.15) is 18.4 Å². The standard InChI is InChI=1S/C17H25NO7S/c1-22-12-17(19)18(11-14-5-4-8-24-14)10-13-6-7-15(23-2)16(9-13)25-26(3,20)21/h6-7,9,14H,4-5,8,10-12H2,1-3H3/t14-/m1/s1. The molecule has 146 valence electrons. The minimum Gasteiger partial charge on any atom is -0.493 e. The van der Waals surface area contributed by atoms with E-state index < -0.39 is 10.1 Å². The van der Waals surface area contributed by atoms with Gasteiger partial charge in [-0.05, 0) is 30.5 Å². The van der Waals surface area contributed by atoms with E-state index in [9.17, 15) is 13.2 Å². The maximum atomic E-state index is 12.4. The number of nitrogens with zero attached hydrogens (tertiary/aromatic N) is 1. The van der Waals surface area contributed by atoms with Crippen LogP contribution < -0.4 is 8.92 Å². The molecule has 0 unspecified atom stereocenters. The van der Waals surface area contributed by atoms with Crippen molar-refractivity contribution < 1.29 is 31.6 Å². The summed E-state index contributed by atoms with van der Waals surface area (Å²) < 4.78 is 43.6. The van der Waals surface area contributed by atoms with Crippen LogP contribution in [0, 0.1) is 0 Å². The molecule has 1 atom stereocenters. The molecule has 26 heavy (non-hydrogen) atoms. The molecule has 1 heterocycles. The molecule has 1 aromatic rings. The van der Waals surface area contributed by atoms with Gasteiger partial charge in [0.1, 0.15) is 6.61 Å². The van der Waals surface area contributed by atoms with Crippen LogP contribution in [0.4, 0.5) is 0 Å². The van der Waals surface area contributed by atoms with E-state index in [1.807, 2.05) is 0 Å². The fourth-order valence-corrected chi connectivity index (χ4v) is 3.23. The largest absolute Gasteiger partial charge is 0.493 e. The van der Waals surface area contributed by atoms with Gasteiger partial charge in [0.2, 0.25) is 5.91 Å². The van der Waals surface area contributed by atoms with Crippen molar-refractivity contribution in [1.29, 1.82) is 0 Å². The molecule has 0 aliphatic carbocycles. The first-order chi connectivity index (χ1) is 12.3. The van der Waals surface area contributed by atoms with Gasteiger partial charge in [-0.1, -0.05) is 6.07 Å². The summed E-state index contributed by atoms with van der Waals surface area (Å²) >= 11 is 0. The molecule has 0 radical (unpaired) electrons. The summed E-state index contributed by atoms with van der Waals surface area (Å²) in [4.78, 5) is 14.0. The lowest BCUT2D eigenvalue weighted by Gasteiger charge is -2.25. The average molecular weight is 387 g/mol. The predicted octanol–water partition coefficient (Wildman–Crippen LogP) is 1.19. The van der Waals surface area contributed by atoms with Crippen molar-refractivity contribution >= 4 is 16.0 Å². The monoisotopic (exact) mass is 387 g/mol. The van der Waals surface area contributed by atoms with Gasteiger partial charge in [0.25, 0.3) is 0 Å². The van der Waals surface area contributed by atoms with Crippen molar-refractivity contribution in [3.05, 3.63) is 23.8 Å². The highest BCUT2D eigenvalue weighted by molar-refractivity contribution is 7.86. The van der Waals surface area contributed by atoms with Crippen LogP contribution >= 0.6 is 0 Å². The molecule has 1 aliphatic heterocycles. The maximum absolute atomic E-state index is 12.4. The molecule has 0 spiro atoms. The SMILES string of the molecule is COCC(=O)N(Cc1ccc(OC)c(OS(C)(=O)=O)c1)C[C@H]1CCCO1. The predicted molar refractivity (Wildman–Crippen MR) is 94.7 cm³/mol. The fourth-order valence-electron chi connectivity index (χ4n) is 2.77. The highest BCUT2D eigenvalue weighted by atomic mass is 32.2. The van der Waals surface area contributed by atoms with Crippen molar-refractivity contribution in [3.63, 3.8) is 0 Å². The average Bonchev–Trinajstić information content (AvgIpc) is 3.06. The van der Waals surface area contributed by atoms with Crippen LogP contribution in [-0.2, 0) is 30.9 Å². The summed E-state index contributed by atoms with van der Waals surface area (Å²) in [5.74, 6) is 0.223. The highest BCUT2D eigenvalue weighted by Crippen LogP contribution is 2.30. The first-order valence-corrected chi connectivity index (χ1v) is 10.1. The van der Waals surface area contributed by atoms with Gasteiger partial charge in [-0.15, -0.1) is 0 Å². The maximum Gasteiger partial charge on any atom is 0.306 e. The van der Waals surface area contributed by atoms with E-state index in [2.05, 4.69) is 0 Å². The molecule has 0 bridgehead atoms. The Morgan fingerprint density at radius 3 is 2.65 bits per heavy atom. The second-order valence-electron chi connectivity index (χ2n) is 6.11. The normalized spacial score (nSPS) is 17.1. The Morgan fingerprint density at radius 2 is 2.08 bits per heavy atom. The van der Waals surface area contributed by atoms with Crippen LogP contribution in [0.5, 0.6) is 11.5 Å². The van der Waals surface area contributed by atoms with E-state index in [0.717, 1.165) is 19.1 Å². The van der Waals surface area contributed by atoms with Crippen molar-refractivity contribution in [2.75, 3.05) is 40.2 Å². The zero-order valence-electron chi connectivity index (χ0n) is 15.3. The van der Waals surface area contributed by atoms with Crippen LogP contribution in [0.25, 0.3) is 0 Å². The van der Waals surface area contributed by atoms with Crippen LogP contribution in [-0.4, -0.2) is 65.6 Å². The summed E-state index contributed by atoms with van der Waals surface area (Å²) in [6.45, 7) is 1.41. The van der Waals surface area contributed by atoms with Gasteiger partial charge >= 0.3 is 10.1 Å². The molecule has 8 nitrogen and oxygen atoms in total. The third kappa shape index (κ3) is 6.15. The molecule has 1 aromatic carbocycles. The van der Waals surface area contributed by atoms with Gasteiger partial charge in [-0.2, -0.15) is 8.42 Å². The Labute approximate surface area is 154 Å². The van der Waals surface area contributed by atoms with E-state index in [-0.39, 0.29) is 30.9 Å². The number of carbonyl (C=O) groups excluding carboxylic acids is 1. The van der Waals surface area contributed by atoms with Gasteiger partial charge in [0.15, 0.2) is 11.5 Å². The minimum absolute atomic E-state index is 0.000736. The number of hydrogen-bond donors (Lipinski definition) is 0. The molecule has 0 N–H and O–H groups in total. The highest BCUT2D eigenvalue weighted by Gasteiger charge is 2.23. The van der Waals surface area contributed by atoms with Gasteiger partial charge in [-0.25, -0.2) is 0 Å². The topological polar surface area (TPSA) is 91.4 Å². The molecular formula is C17H25NO7S. The first kappa shape index (κ1) is 20.5. The van der Waals surface area contributed by atoms with Crippen LogP contribution in [0.2, 0.25) is 0 Å². The molecule has 9 heteroatoms. The van der Waals surface area contributed by atoms with E-state index >= 15 is 0 Å². The number of ether oxygens (including phenoxy) is 3. The number of carbonyl (C=O) groups is 1. The molecule has 2 rings (SSSR count). The number of hydrogen-bond acceptors (Lipinski definition) is 7. The quantitative estimate of drug-likeness (QED) is 0.588. The van der Waals surface area contributed by atoms with Crippen molar-refractivity contribution in [2.24, 2.45) is 0 Å². The summed E-state index contributed by atoms with van der Waals surface area (Å²) in [6, 6.07) is 4.93. The lowest BCUT2D eigenvalue weighted by atomic mass is 10.1. The molecule has 0 saturated carbocycles. The Hall–Kier alpha value is -1.84. The van der Waals surface area contributed by atoms with Gasteiger partial charge in [0, 0.05) is 26.8 Å². The lowest BCUT2D eigenvalue weighted by Crippen LogP contribution is -2.38. The smallest absolute Gasteiger partial charge is 0.306 e. The Balaban J connectivity index is 2.19. The summed E-state index contributed by atoms with van der Waals surface area (Å²) in [7, 11) is -0.807. The zero-order chi connectivity index (χ0) is 19.2.